The molecule has 0 unspecified atom stereocenters. The minimum absolute atomic E-state index is 0.214. The average molecular weight is 384 g/mol. The molecule has 2 aromatic rings. The third-order valence-electron chi connectivity index (χ3n) is 6.23. The first-order valence-electron chi connectivity index (χ1n) is 10.4. The Bertz CT molecular complexity index is 824. The molecule has 0 amide bonds. The van der Waals surface area contributed by atoms with Gasteiger partial charge in [-0.05, 0) is 31.2 Å². The number of rotatable bonds is 3. The highest BCUT2D eigenvalue weighted by Crippen LogP contribution is 2.41. The Morgan fingerprint density at radius 2 is 1.89 bits per heavy atom. The van der Waals surface area contributed by atoms with E-state index in [2.05, 4.69) is 33.0 Å². The van der Waals surface area contributed by atoms with Gasteiger partial charge in [-0.2, -0.15) is 10.1 Å². The van der Waals surface area contributed by atoms with Crippen molar-refractivity contribution in [1.82, 2.24) is 20.2 Å². The summed E-state index contributed by atoms with van der Waals surface area (Å²) >= 11 is 0. The molecule has 0 saturated carbocycles. The van der Waals surface area contributed by atoms with Gasteiger partial charge in [0.15, 0.2) is 0 Å². The van der Waals surface area contributed by atoms with Gasteiger partial charge in [-0.1, -0.05) is 6.92 Å². The van der Waals surface area contributed by atoms with E-state index in [1.165, 1.54) is 11.3 Å². The first-order chi connectivity index (χ1) is 13.8. The first kappa shape index (κ1) is 17.9. The van der Waals surface area contributed by atoms with Crippen molar-refractivity contribution in [2.24, 2.45) is 0 Å². The molecule has 0 atom stereocenters. The zero-order valence-corrected chi connectivity index (χ0v) is 16.5. The zero-order chi connectivity index (χ0) is 19.0. The van der Waals surface area contributed by atoms with E-state index in [1.807, 2.05) is 6.20 Å². The lowest BCUT2D eigenvalue weighted by atomic mass is 9.84. The van der Waals surface area contributed by atoms with Crippen LogP contribution >= 0.6 is 0 Å². The number of ether oxygens (including phenoxy) is 2. The number of aromatic nitrogens is 4. The fourth-order valence-corrected chi connectivity index (χ4v) is 4.53. The van der Waals surface area contributed by atoms with Crippen molar-refractivity contribution in [3.63, 3.8) is 0 Å². The summed E-state index contributed by atoms with van der Waals surface area (Å²) in [5.41, 5.74) is 3.37. The molecule has 0 bridgehead atoms. The second-order valence-corrected chi connectivity index (χ2v) is 7.82. The maximum absolute atomic E-state index is 6.29. The molecule has 1 N–H and O–H groups in total. The predicted octanol–water partition coefficient (Wildman–Crippen LogP) is 1.67. The van der Waals surface area contributed by atoms with Crippen molar-refractivity contribution in [3.05, 3.63) is 29.2 Å². The summed E-state index contributed by atoms with van der Waals surface area (Å²) in [4.78, 5) is 14.3. The molecule has 8 nitrogen and oxygen atoms in total. The number of H-pyrrole nitrogens is 1. The molecular formula is C20H28N6O2. The van der Waals surface area contributed by atoms with Crippen LogP contribution in [0.5, 0.6) is 0 Å². The highest BCUT2D eigenvalue weighted by atomic mass is 16.5. The number of nitrogens with one attached hydrogen (secondary N) is 1. The van der Waals surface area contributed by atoms with E-state index in [0.717, 1.165) is 89.1 Å². The molecule has 150 valence electrons. The molecule has 8 heteroatoms. The summed E-state index contributed by atoms with van der Waals surface area (Å²) in [6.45, 7) is 7.95. The molecule has 2 fully saturated rings. The van der Waals surface area contributed by atoms with E-state index in [4.69, 9.17) is 19.4 Å². The minimum Gasteiger partial charge on any atom is -0.378 e. The summed E-state index contributed by atoms with van der Waals surface area (Å²) in [5, 5.41) is 7.47. The largest absolute Gasteiger partial charge is 0.378 e. The van der Waals surface area contributed by atoms with Crippen LogP contribution in [-0.2, 0) is 27.9 Å². The first-order valence-corrected chi connectivity index (χ1v) is 10.4. The summed E-state index contributed by atoms with van der Waals surface area (Å²) < 4.78 is 11.8. The Hall–Kier alpha value is -2.19. The fraction of sp³-hybridized carbons (Fsp3) is 0.650. The maximum Gasteiger partial charge on any atom is 0.227 e. The fourth-order valence-electron chi connectivity index (χ4n) is 4.53. The lowest BCUT2D eigenvalue weighted by molar-refractivity contribution is -0.0796. The van der Waals surface area contributed by atoms with Crippen LogP contribution in [0.25, 0.3) is 0 Å². The van der Waals surface area contributed by atoms with E-state index in [1.54, 1.807) is 0 Å². The molecule has 0 aromatic carbocycles. The molecular weight excluding hydrogens is 356 g/mol. The van der Waals surface area contributed by atoms with Crippen LogP contribution in [-0.4, -0.2) is 66.2 Å². The number of nitrogens with zero attached hydrogens (tertiary/aromatic N) is 5. The van der Waals surface area contributed by atoms with E-state index >= 15 is 0 Å². The second kappa shape index (κ2) is 7.33. The summed E-state index contributed by atoms with van der Waals surface area (Å²) in [6, 6.07) is 2.14. The van der Waals surface area contributed by atoms with E-state index in [9.17, 15) is 0 Å². The van der Waals surface area contributed by atoms with Gasteiger partial charge in [-0.25, -0.2) is 4.98 Å². The van der Waals surface area contributed by atoms with Gasteiger partial charge in [-0.3, -0.25) is 5.10 Å². The lowest BCUT2D eigenvalue weighted by Crippen LogP contribution is -2.47. The molecule has 1 spiro atoms. The molecule has 5 rings (SSSR count). The molecule has 28 heavy (non-hydrogen) atoms. The van der Waals surface area contributed by atoms with Crippen molar-refractivity contribution >= 4 is 11.8 Å². The maximum atomic E-state index is 6.29. The van der Waals surface area contributed by atoms with Gasteiger partial charge < -0.3 is 19.3 Å². The molecule has 0 radical (unpaired) electrons. The quantitative estimate of drug-likeness (QED) is 0.862. The zero-order valence-electron chi connectivity index (χ0n) is 16.5. The number of aryl methyl sites for hydroxylation is 1. The summed E-state index contributed by atoms with van der Waals surface area (Å²) in [5.74, 6) is 1.87. The van der Waals surface area contributed by atoms with Crippen molar-refractivity contribution in [3.8, 4) is 0 Å². The Labute approximate surface area is 165 Å². The van der Waals surface area contributed by atoms with Crippen LogP contribution in [0.4, 0.5) is 11.8 Å². The standard InChI is InChI=1S/C20H28N6O2/c1-2-16-13-17(23-19(22-16)26-8-11-27-12-9-26)25-6-4-20(5-7-25)18-15(3-10-28-20)14-21-24-18/h13-14H,2-12H2,1H3,(H,21,24). The number of hydrogen-bond donors (Lipinski definition) is 1. The number of fused-ring (bicyclic) bond motifs is 2. The predicted molar refractivity (Wildman–Crippen MR) is 106 cm³/mol. The van der Waals surface area contributed by atoms with Crippen LogP contribution in [0.1, 0.15) is 36.7 Å². The van der Waals surface area contributed by atoms with Gasteiger partial charge in [0.2, 0.25) is 5.95 Å². The summed E-state index contributed by atoms with van der Waals surface area (Å²) in [7, 11) is 0. The van der Waals surface area contributed by atoms with Crippen LogP contribution in [0.2, 0.25) is 0 Å². The van der Waals surface area contributed by atoms with Gasteiger partial charge in [0.1, 0.15) is 11.4 Å². The highest BCUT2D eigenvalue weighted by Gasteiger charge is 2.42. The van der Waals surface area contributed by atoms with Gasteiger partial charge in [-0.15, -0.1) is 0 Å². The second-order valence-electron chi connectivity index (χ2n) is 7.82. The Kier molecular flexibility index (Phi) is 4.68. The van der Waals surface area contributed by atoms with Gasteiger partial charge in [0.25, 0.3) is 0 Å². The normalized spacial score (nSPS) is 21.8. The Morgan fingerprint density at radius 1 is 1.07 bits per heavy atom. The van der Waals surface area contributed by atoms with Gasteiger partial charge >= 0.3 is 0 Å². The molecule has 2 aromatic heterocycles. The highest BCUT2D eigenvalue weighted by molar-refractivity contribution is 5.47. The molecule has 3 aliphatic rings. The van der Waals surface area contributed by atoms with Crippen molar-refractivity contribution in [1.29, 1.82) is 0 Å². The monoisotopic (exact) mass is 384 g/mol. The van der Waals surface area contributed by atoms with Crippen LogP contribution in [0.15, 0.2) is 12.3 Å². The third-order valence-corrected chi connectivity index (χ3v) is 6.23. The average Bonchev–Trinajstić information content (AvgIpc) is 3.25. The van der Waals surface area contributed by atoms with Crippen LogP contribution in [0, 0.1) is 0 Å². The van der Waals surface area contributed by atoms with Crippen LogP contribution < -0.4 is 9.80 Å². The molecule has 2 saturated heterocycles. The minimum atomic E-state index is -0.214. The SMILES string of the molecule is CCc1cc(N2CCC3(CC2)OCCc2cn[nH]c23)nc(N2CCOCC2)n1. The Balaban J connectivity index is 1.37. The number of hydrogen-bond acceptors (Lipinski definition) is 7. The van der Waals surface area contributed by atoms with Gasteiger partial charge in [0, 0.05) is 37.9 Å². The number of anilines is 2. The van der Waals surface area contributed by atoms with E-state index in [-0.39, 0.29) is 5.60 Å². The lowest BCUT2D eigenvalue weighted by Gasteiger charge is -2.43. The number of aromatic amines is 1. The van der Waals surface area contributed by atoms with Gasteiger partial charge in [0.05, 0.1) is 31.7 Å². The topological polar surface area (TPSA) is 79.4 Å². The Morgan fingerprint density at radius 3 is 2.68 bits per heavy atom. The number of piperidine rings is 1. The summed E-state index contributed by atoms with van der Waals surface area (Å²) in [6.07, 6.45) is 5.71. The smallest absolute Gasteiger partial charge is 0.227 e. The molecule has 5 heterocycles. The number of morpholine rings is 1. The third kappa shape index (κ3) is 3.14. The van der Waals surface area contributed by atoms with Crippen molar-refractivity contribution < 1.29 is 9.47 Å². The van der Waals surface area contributed by atoms with E-state index < -0.39 is 0 Å². The van der Waals surface area contributed by atoms with E-state index in [0.29, 0.717) is 0 Å². The van der Waals surface area contributed by atoms with Crippen molar-refractivity contribution in [2.75, 3.05) is 55.8 Å². The van der Waals surface area contributed by atoms with Crippen molar-refractivity contribution in [2.45, 2.75) is 38.2 Å². The molecule has 0 aliphatic carbocycles. The van der Waals surface area contributed by atoms with Crippen LogP contribution in [0.3, 0.4) is 0 Å². The molecule has 3 aliphatic heterocycles.